The summed E-state index contributed by atoms with van der Waals surface area (Å²) < 4.78 is 1.56. The molecule has 2 unspecified atom stereocenters. The molecule has 0 bridgehead atoms. The molecule has 1 saturated heterocycles. The first-order chi connectivity index (χ1) is 11.8. The number of nitrogens with zero attached hydrogens (tertiary/aromatic N) is 4. The number of rotatable bonds is 5. The van der Waals surface area contributed by atoms with Crippen molar-refractivity contribution >= 4 is 11.8 Å². The molecule has 0 aromatic carbocycles. The van der Waals surface area contributed by atoms with E-state index < -0.39 is 11.6 Å². The van der Waals surface area contributed by atoms with Crippen LogP contribution >= 0.6 is 0 Å². The third-order valence-corrected chi connectivity index (χ3v) is 5.06. The molecule has 132 valence electrons. The molecule has 2 aliphatic rings. The summed E-state index contributed by atoms with van der Waals surface area (Å²) in [5, 5.41) is 23.7. The monoisotopic (exact) mass is 342 g/mol. The van der Waals surface area contributed by atoms with Crippen molar-refractivity contribution in [3.8, 4) is 0 Å². The Kier molecular flexibility index (Phi) is 3.57. The van der Waals surface area contributed by atoms with Gasteiger partial charge in [-0.3, -0.25) is 4.68 Å². The fraction of sp³-hybridized carbons (Fsp3) is 0.500. The highest BCUT2D eigenvalue weighted by Crippen LogP contribution is 2.46. The molecule has 1 saturated carbocycles. The predicted molar refractivity (Wildman–Crippen MR) is 91.6 cm³/mol. The molecule has 1 aliphatic carbocycles. The molecular formula is C18H22N4O3. The van der Waals surface area contributed by atoms with Crippen molar-refractivity contribution in [3.63, 3.8) is 0 Å². The number of carboxylic acids is 1. The molecule has 3 heterocycles. The summed E-state index contributed by atoms with van der Waals surface area (Å²) in [4.78, 5) is 18.0. The predicted octanol–water partition coefficient (Wildman–Crippen LogP) is 1.71. The van der Waals surface area contributed by atoms with E-state index in [0.29, 0.717) is 12.2 Å². The maximum Gasteiger partial charge on any atom is 0.338 e. The van der Waals surface area contributed by atoms with Gasteiger partial charge in [0, 0.05) is 19.3 Å². The highest BCUT2D eigenvalue weighted by molar-refractivity contribution is 5.86. The number of aliphatic hydroxyl groups is 1. The van der Waals surface area contributed by atoms with Gasteiger partial charge < -0.3 is 15.1 Å². The van der Waals surface area contributed by atoms with Gasteiger partial charge in [0.25, 0.3) is 0 Å². The van der Waals surface area contributed by atoms with Crippen LogP contribution in [-0.4, -0.2) is 44.0 Å². The van der Waals surface area contributed by atoms with Crippen molar-refractivity contribution in [1.82, 2.24) is 14.8 Å². The van der Waals surface area contributed by atoms with Gasteiger partial charge in [-0.05, 0) is 43.7 Å². The minimum atomic E-state index is -1.09. The molecule has 7 nitrogen and oxygen atoms in total. The Bertz CT molecular complexity index is 814. The largest absolute Gasteiger partial charge is 0.478 e. The molecule has 1 aliphatic heterocycles. The van der Waals surface area contributed by atoms with Gasteiger partial charge in [0.2, 0.25) is 0 Å². The zero-order valence-corrected chi connectivity index (χ0v) is 14.4. The lowest BCUT2D eigenvalue weighted by molar-refractivity contribution is 0.0694. The molecule has 4 rings (SSSR count). The van der Waals surface area contributed by atoms with Crippen LogP contribution in [0.25, 0.3) is 0 Å². The van der Waals surface area contributed by atoms with E-state index >= 15 is 0 Å². The van der Waals surface area contributed by atoms with Crippen LogP contribution in [-0.2, 0) is 12.1 Å². The molecule has 0 amide bonds. The number of carbonyl (C=O) groups is 1. The number of aromatic carboxylic acids is 1. The lowest BCUT2D eigenvalue weighted by Crippen LogP contribution is -2.27. The van der Waals surface area contributed by atoms with Crippen molar-refractivity contribution < 1.29 is 15.0 Å². The first-order valence-corrected chi connectivity index (χ1v) is 8.55. The summed E-state index contributed by atoms with van der Waals surface area (Å²) in [5.41, 5.74) is 0.501. The van der Waals surface area contributed by atoms with Gasteiger partial charge in [-0.2, -0.15) is 5.10 Å². The van der Waals surface area contributed by atoms with Crippen LogP contribution in [0.15, 0.2) is 24.5 Å². The summed E-state index contributed by atoms with van der Waals surface area (Å²) in [7, 11) is 0. The fourth-order valence-electron chi connectivity index (χ4n) is 3.63. The van der Waals surface area contributed by atoms with Crippen LogP contribution in [0.3, 0.4) is 0 Å². The molecule has 2 atom stereocenters. The first-order valence-electron chi connectivity index (χ1n) is 8.55. The van der Waals surface area contributed by atoms with Gasteiger partial charge in [-0.1, -0.05) is 6.07 Å². The molecule has 0 radical (unpaired) electrons. The van der Waals surface area contributed by atoms with Gasteiger partial charge in [0.15, 0.2) is 0 Å². The van der Waals surface area contributed by atoms with Crippen molar-refractivity contribution in [2.45, 2.75) is 32.4 Å². The van der Waals surface area contributed by atoms with Crippen molar-refractivity contribution in [1.29, 1.82) is 0 Å². The van der Waals surface area contributed by atoms with E-state index in [9.17, 15) is 9.90 Å². The molecule has 25 heavy (non-hydrogen) atoms. The number of aromatic nitrogens is 3. The second-order valence-electron chi connectivity index (χ2n) is 7.63. The number of piperidine rings is 1. The van der Waals surface area contributed by atoms with Gasteiger partial charge >= 0.3 is 5.97 Å². The topological polar surface area (TPSA) is 91.5 Å². The van der Waals surface area contributed by atoms with Crippen molar-refractivity contribution in [2.24, 2.45) is 11.8 Å². The van der Waals surface area contributed by atoms with Crippen LogP contribution in [0.5, 0.6) is 0 Å². The molecule has 2 N–H and O–H groups in total. The Hall–Kier alpha value is -2.41. The molecular weight excluding hydrogens is 320 g/mol. The van der Waals surface area contributed by atoms with Gasteiger partial charge in [0.05, 0.1) is 24.0 Å². The minimum absolute atomic E-state index is 0.144. The molecule has 0 spiro atoms. The lowest BCUT2D eigenvalue weighted by Gasteiger charge is -2.25. The van der Waals surface area contributed by atoms with Crippen LogP contribution in [0.4, 0.5) is 5.82 Å². The van der Waals surface area contributed by atoms with Crippen LogP contribution in [0.2, 0.25) is 0 Å². The number of pyridine rings is 1. The number of hydrogen-bond acceptors (Lipinski definition) is 5. The second kappa shape index (κ2) is 5.56. The highest BCUT2D eigenvalue weighted by Gasteiger charge is 2.45. The molecule has 2 aromatic heterocycles. The Morgan fingerprint density at radius 1 is 1.32 bits per heavy atom. The fourth-order valence-corrected chi connectivity index (χ4v) is 3.63. The average molecular weight is 342 g/mol. The smallest absolute Gasteiger partial charge is 0.338 e. The molecule has 2 aromatic rings. The SMILES string of the molecule is CC(C)(O)c1nc(N2CC3CC3C2)ccc1Cn1cc(C(=O)O)cn1. The maximum absolute atomic E-state index is 11.0. The van der Waals surface area contributed by atoms with Crippen LogP contribution in [0.1, 0.15) is 41.9 Å². The Morgan fingerprint density at radius 2 is 2.04 bits per heavy atom. The van der Waals surface area contributed by atoms with Crippen LogP contribution < -0.4 is 4.90 Å². The van der Waals surface area contributed by atoms with E-state index in [-0.39, 0.29) is 5.56 Å². The summed E-state index contributed by atoms with van der Waals surface area (Å²) in [6, 6.07) is 3.94. The van der Waals surface area contributed by atoms with E-state index in [1.54, 1.807) is 18.5 Å². The summed E-state index contributed by atoms with van der Waals surface area (Å²) in [5.74, 6) is 1.52. The summed E-state index contributed by atoms with van der Waals surface area (Å²) in [6.45, 7) is 5.89. The quantitative estimate of drug-likeness (QED) is 0.859. The molecule has 2 fully saturated rings. The maximum atomic E-state index is 11.0. The van der Waals surface area contributed by atoms with E-state index in [1.807, 2.05) is 12.1 Å². The number of carboxylic acid groups (broad SMARTS) is 1. The molecule has 7 heteroatoms. The Morgan fingerprint density at radius 3 is 2.64 bits per heavy atom. The van der Waals surface area contributed by atoms with E-state index in [1.165, 1.54) is 18.8 Å². The third-order valence-electron chi connectivity index (χ3n) is 5.06. The summed E-state index contributed by atoms with van der Waals surface area (Å²) >= 11 is 0. The zero-order chi connectivity index (χ0) is 17.8. The van der Waals surface area contributed by atoms with Crippen molar-refractivity contribution in [3.05, 3.63) is 41.3 Å². The van der Waals surface area contributed by atoms with Gasteiger partial charge in [-0.25, -0.2) is 9.78 Å². The zero-order valence-electron chi connectivity index (χ0n) is 14.4. The number of anilines is 1. The van der Waals surface area contributed by atoms with E-state index in [0.717, 1.165) is 36.3 Å². The van der Waals surface area contributed by atoms with E-state index in [2.05, 4.69) is 10.00 Å². The number of fused-ring (bicyclic) bond motifs is 1. The van der Waals surface area contributed by atoms with Gasteiger partial charge in [0.1, 0.15) is 11.4 Å². The average Bonchev–Trinajstić information content (AvgIpc) is 2.96. The second-order valence-corrected chi connectivity index (χ2v) is 7.63. The summed E-state index contributed by atoms with van der Waals surface area (Å²) in [6.07, 6.45) is 4.14. The Balaban J connectivity index is 1.62. The normalized spacial score (nSPS) is 22.1. The van der Waals surface area contributed by atoms with Crippen LogP contribution in [0, 0.1) is 11.8 Å². The minimum Gasteiger partial charge on any atom is -0.478 e. The number of hydrogen-bond donors (Lipinski definition) is 2. The van der Waals surface area contributed by atoms with E-state index in [4.69, 9.17) is 10.1 Å². The highest BCUT2D eigenvalue weighted by atomic mass is 16.4. The lowest BCUT2D eigenvalue weighted by atomic mass is 9.99. The Labute approximate surface area is 145 Å². The van der Waals surface area contributed by atoms with Gasteiger partial charge in [-0.15, -0.1) is 0 Å². The van der Waals surface area contributed by atoms with Crippen molar-refractivity contribution in [2.75, 3.05) is 18.0 Å². The first kappa shape index (κ1) is 16.1. The third kappa shape index (κ3) is 3.11. The standard InChI is InChI=1S/C18H22N4O3/c1-18(2,25)16-11(9-22-10-14(6-19-22)17(23)24)3-4-15(20-16)21-7-12-5-13(12)8-21/h3-4,6,10,12-13,25H,5,7-9H2,1-2H3,(H,23,24).